The van der Waals surface area contributed by atoms with E-state index in [0.717, 1.165) is 59.2 Å². The lowest BCUT2D eigenvalue weighted by atomic mass is 10.1. The number of hydrogen-bond donors (Lipinski definition) is 0. The van der Waals surface area contributed by atoms with Crippen LogP contribution in [0.3, 0.4) is 0 Å². The van der Waals surface area contributed by atoms with Crippen molar-refractivity contribution >= 4 is 28.7 Å². The van der Waals surface area contributed by atoms with Crippen molar-refractivity contribution in [2.45, 2.75) is 37.9 Å². The minimum absolute atomic E-state index is 0.186. The number of ether oxygens (including phenoxy) is 1. The summed E-state index contributed by atoms with van der Waals surface area (Å²) >= 11 is 1.64. The Hall–Kier alpha value is -2.47. The van der Waals surface area contributed by atoms with Crippen molar-refractivity contribution < 1.29 is 9.53 Å². The highest BCUT2D eigenvalue weighted by molar-refractivity contribution is 7.99. The van der Waals surface area contributed by atoms with E-state index in [2.05, 4.69) is 4.57 Å². The smallest absolute Gasteiger partial charge is 0.242 e. The zero-order valence-electron chi connectivity index (χ0n) is 16.8. The minimum atomic E-state index is 0.186. The van der Waals surface area contributed by atoms with Gasteiger partial charge in [0.15, 0.2) is 5.16 Å². The van der Waals surface area contributed by atoms with E-state index in [-0.39, 0.29) is 5.91 Å². The fraction of sp³-hybridized carbons (Fsp3) is 0.391. The van der Waals surface area contributed by atoms with Crippen LogP contribution < -0.4 is 4.74 Å². The van der Waals surface area contributed by atoms with Gasteiger partial charge < -0.3 is 14.2 Å². The van der Waals surface area contributed by atoms with Crippen molar-refractivity contribution in [1.29, 1.82) is 0 Å². The van der Waals surface area contributed by atoms with Gasteiger partial charge in [-0.2, -0.15) is 0 Å². The molecule has 1 aliphatic rings. The first-order valence-corrected chi connectivity index (χ1v) is 11.3. The number of para-hydroxylation sites is 3. The van der Waals surface area contributed by atoms with Crippen LogP contribution in [-0.2, 0) is 11.3 Å². The number of aryl methyl sites for hydroxylation is 1. The number of carbonyl (C=O) groups is 1. The third-order valence-corrected chi connectivity index (χ3v) is 6.23. The molecule has 1 aromatic heterocycles. The molecule has 2 heterocycles. The molecule has 0 aliphatic carbocycles. The van der Waals surface area contributed by atoms with Gasteiger partial charge in [-0.3, -0.25) is 4.79 Å². The molecule has 6 heteroatoms. The van der Waals surface area contributed by atoms with E-state index in [1.807, 2.05) is 60.4 Å². The molecule has 0 bridgehead atoms. The van der Waals surface area contributed by atoms with Gasteiger partial charge in [-0.05, 0) is 49.9 Å². The van der Waals surface area contributed by atoms with Crippen LogP contribution in [0.5, 0.6) is 5.75 Å². The Kier molecular flexibility index (Phi) is 6.39. The second-order valence-electron chi connectivity index (χ2n) is 7.37. The van der Waals surface area contributed by atoms with Crippen molar-refractivity contribution in [3.8, 4) is 5.75 Å². The van der Waals surface area contributed by atoms with Crippen LogP contribution in [0.2, 0.25) is 0 Å². The predicted octanol–water partition coefficient (Wildman–Crippen LogP) is 4.53. The number of piperidine rings is 1. The highest BCUT2D eigenvalue weighted by Gasteiger charge is 2.20. The summed E-state index contributed by atoms with van der Waals surface area (Å²) in [5, 5.41) is 0.880. The Bertz CT molecular complexity index is 979. The van der Waals surface area contributed by atoms with Gasteiger partial charge in [0.2, 0.25) is 5.91 Å². The molecular weight excluding hydrogens is 382 g/mol. The van der Waals surface area contributed by atoms with Gasteiger partial charge in [0, 0.05) is 18.8 Å². The summed E-state index contributed by atoms with van der Waals surface area (Å²) in [5.41, 5.74) is 3.08. The summed E-state index contributed by atoms with van der Waals surface area (Å²) < 4.78 is 7.98. The van der Waals surface area contributed by atoms with Gasteiger partial charge in [0.1, 0.15) is 12.3 Å². The Morgan fingerprint density at radius 3 is 2.66 bits per heavy atom. The van der Waals surface area contributed by atoms with Gasteiger partial charge in [-0.1, -0.05) is 42.1 Å². The number of thioether (sulfide) groups is 1. The number of likely N-dealkylation sites (tertiary alicyclic amines) is 1. The molecule has 0 spiro atoms. The summed E-state index contributed by atoms with van der Waals surface area (Å²) in [5.74, 6) is 1.88. The van der Waals surface area contributed by atoms with Gasteiger partial charge in [0.25, 0.3) is 0 Å². The van der Waals surface area contributed by atoms with E-state index in [1.54, 1.807) is 11.8 Å². The largest absolute Gasteiger partial charge is 0.492 e. The number of aromatic nitrogens is 2. The molecule has 4 rings (SSSR count). The first-order chi connectivity index (χ1) is 14.2. The molecule has 152 valence electrons. The molecule has 1 aliphatic heterocycles. The van der Waals surface area contributed by atoms with E-state index < -0.39 is 0 Å². The minimum Gasteiger partial charge on any atom is -0.492 e. The molecule has 2 aromatic carbocycles. The standard InChI is InChI=1S/C23H27N3O2S/c1-18-9-3-6-12-21(18)28-15-16-29-23-24-19-10-4-5-11-20(19)26(23)17-22(27)25-13-7-2-8-14-25/h3-6,9-12H,2,7-8,13-17H2,1H3. The molecule has 0 radical (unpaired) electrons. The third kappa shape index (κ3) is 4.75. The zero-order chi connectivity index (χ0) is 20.1. The Morgan fingerprint density at radius 2 is 1.83 bits per heavy atom. The highest BCUT2D eigenvalue weighted by Crippen LogP contribution is 2.25. The molecule has 0 unspecified atom stereocenters. The summed E-state index contributed by atoms with van der Waals surface area (Å²) in [6, 6.07) is 16.1. The molecule has 0 saturated carbocycles. The van der Waals surface area contributed by atoms with Crippen LogP contribution in [0, 0.1) is 6.92 Å². The molecule has 5 nitrogen and oxygen atoms in total. The van der Waals surface area contributed by atoms with Gasteiger partial charge in [0.05, 0.1) is 17.6 Å². The Labute approximate surface area is 176 Å². The van der Waals surface area contributed by atoms with Crippen LogP contribution in [-0.4, -0.2) is 45.8 Å². The molecular formula is C23H27N3O2S. The maximum atomic E-state index is 12.9. The average Bonchev–Trinajstić information content (AvgIpc) is 3.10. The second kappa shape index (κ2) is 9.35. The fourth-order valence-electron chi connectivity index (χ4n) is 3.70. The number of imidazole rings is 1. The Balaban J connectivity index is 1.44. The number of fused-ring (bicyclic) bond motifs is 1. The summed E-state index contributed by atoms with van der Waals surface area (Å²) in [7, 11) is 0. The molecule has 0 atom stereocenters. The third-order valence-electron chi connectivity index (χ3n) is 5.29. The zero-order valence-corrected chi connectivity index (χ0v) is 17.7. The lowest BCUT2D eigenvalue weighted by molar-refractivity contribution is -0.132. The van der Waals surface area contributed by atoms with Crippen LogP contribution in [0.15, 0.2) is 53.7 Å². The predicted molar refractivity (Wildman–Crippen MR) is 118 cm³/mol. The molecule has 0 N–H and O–H groups in total. The Morgan fingerprint density at radius 1 is 1.07 bits per heavy atom. The van der Waals surface area contributed by atoms with Crippen molar-refractivity contribution in [3.63, 3.8) is 0 Å². The SMILES string of the molecule is Cc1ccccc1OCCSc1nc2ccccc2n1CC(=O)N1CCCCC1. The number of nitrogens with zero attached hydrogens (tertiary/aromatic N) is 3. The number of hydrogen-bond acceptors (Lipinski definition) is 4. The number of amides is 1. The topological polar surface area (TPSA) is 47.4 Å². The maximum absolute atomic E-state index is 12.9. The van der Waals surface area contributed by atoms with E-state index in [0.29, 0.717) is 13.2 Å². The average molecular weight is 410 g/mol. The summed E-state index contributed by atoms with van der Waals surface area (Å²) in [6.07, 6.45) is 3.43. The van der Waals surface area contributed by atoms with E-state index in [1.165, 1.54) is 6.42 Å². The number of benzene rings is 2. The van der Waals surface area contributed by atoms with Crippen LogP contribution in [0.25, 0.3) is 11.0 Å². The molecule has 3 aromatic rings. The molecule has 1 amide bonds. The molecule has 29 heavy (non-hydrogen) atoms. The van der Waals surface area contributed by atoms with E-state index >= 15 is 0 Å². The molecule has 1 saturated heterocycles. The maximum Gasteiger partial charge on any atom is 0.242 e. The fourth-order valence-corrected chi connectivity index (χ4v) is 4.53. The summed E-state index contributed by atoms with van der Waals surface area (Å²) in [6.45, 7) is 4.74. The number of carbonyl (C=O) groups excluding carboxylic acids is 1. The van der Waals surface area contributed by atoms with Crippen LogP contribution >= 0.6 is 11.8 Å². The van der Waals surface area contributed by atoms with Gasteiger partial charge in [-0.25, -0.2) is 4.98 Å². The van der Waals surface area contributed by atoms with Gasteiger partial charge in [-0.15, -0.1) is 0 Å². The second-order valence-corrected chi connectivity index (χ2v) is 8.44. The lowest BCUT2D eigenvalue weighted by Crippen LogP contribution is -2.37. The first-order valence-electron chi connectivity index (χ1n) is 10.3. The van der Waals surface area contributed by atoms with E-state index in [9.17, 15) is 4.79 Å². The monoisotopic (exact) mass is 409 g/mol. The van der Waals surface area contributed by atoms with E-state index in [4.69, 9.17) is 9.72 Å². The highest BCUT2D eigenvalue weighted by atomic mass is 32.2. The summed E-state index contributed by atoms with van der Waals surface area (Å²) in [4.78, 5) is 19.6. The number of rotatable bonds is 7. The normalized spacial score (nSPS) is 14.3. The molecule has 1 fully saturated rings. The van der Waals surface area contributed by atoms with Crippen molar-refractivity contribution in [2.24, 2.45) is 0 Å². The van der Waals surface area contributed by atoms with Crippen molar-refractivity contribution in [1.82, 2.24) is 14.5 Å². The van der Waals surface area contributed by atoms with Crippen molar-refractivity contribution in [3.05, 3.63) is 54.1 Å². The van der Waals surface area contributed by atoms with Crippen molar-refractivity contribution in [2.75, 3.05) is 25.4 Å². The quantitative estimate of drug-likeness (QED) is 0.425. The lowest BCUT2D eigenvalue weighted by Gasteiger charge is -2.27. The van der Waals surface area contributed by atoms with Crippen LogP contribution in [0.1, 0.15) is 24.8 Å². The van der Waals surface area contributed by atoms with Crippen LogP contribution in [0.4, 0.5) is 0 Å². The van der Waals surface area contributed by atoms with Gasteiger partial charge >= 0.3 is 0 Å². The first kappa shape index (κ1) is 19.8.